The second-order valence-electron chi connectivity index (χ2n) is 3.72. The molecule has 1 amide bonds. The molecule has 0 heterocycles. The first kappa shape index (κ1) is 13.2. The minimum Gasteiger partial charge on any atom is -0.396 e. The number of aliphatic hydroxyl groups excluding tert-OH is 1. The first-order valence-corrected chi connectivity index (χ1v) is 6.36. The predicted molar refractivity (Wildman–Crippen MR) is 67.7 cm³/mol. The Morgan fingerprint density at radius 2 is 2.06 bits per heavy atom. The van der Waals surface area contributed by atoms with Crippen molar-refractivity contribution in [3.05, 3.63) is 35.4 Å². The quantitative estimate of drug-likeness (QED) is 0.814. The van der Waals surface area contributed by atoms with Crippen LogP contribution in [-0.4, -0.2) is 23.7 Å². The van der Waals surface area contributed by atoms with Gasteiger partial charge in [-0.1, -0.05) is 28.1 Å². The molecule has 1 rings (SSSR count). The highest BCUT2D eigenvalue weighted by Crippen LogP contribution is 2.08. The molecule has 0 aliphatic rings. The van der Waals surface area contributed by atoms with Crippen LogP contribution in [0.25, 0.3) is 0 Å². The van der Waals surface area contributed by atoms with Gasteiger partial charge in [-0.3, -0.25) is 4.79 Å². The molecule has 0 spiro atoms. The summed E-state index contributed by atoms with van der Waals surface area (Å²) >= 11 is 3.35. The molecule has 0 aliphatic carbocycles. The number of halogens is 1. The molecular formula is C12H16BrNO2. The topological polar surface area (TPSA) is 49.3 Å². The molecule has 0 saturated heterocycles. The summed E-state index contributed by atoms with van der Waals surface area (Å²) in [6.45, 7) is 1.96. The molecule has 16 heavy (non-hydrogen) atoms. The number of rotatable bonds is 5. The fourth-order valence-corrected chi connectivity index (χ4v) is 1.69. The first-order chi connectivity index (χ1) is 7.67. The molecule has 3 nitrogen and oxygen atoms in total. The maximum atomic E-state index is 11.7. The molecule has 0 aromatic heterocycles. The van der Waals surface area contributed by atoms with Crippen molar-refractivity contribution in [1.29, 1.82) is 0 Å². The second kappa shape index (κ2) is 6.66. The standard InChI is InChI=1S/C12H16BrNO2/c1-9(6-7-15)14-12(16)11-4-2-10(8-13)3-5-11/h2-5,9,15H,6-8H2,1H3,(H,14,16). The molecular weight excluding hydrogens is 270 g/mol. The van der Waals surface area contributed by atoms with Gasteiger partial charge in [-0.05, 0) is 31.0 Å². The zero-order valence-electron chi connectivity index (χ0n) is 9.24. The zero-order chi connectivity index (χ0) is 12.0. The van der Waals surface area contributed by atoms with Crippen molar-refractivity contribution < 1.29 is 9.90 Å². The van der Waals surface area contributed by atoms with Gasteiger partial charge in [-0.2, -0.15) is 0 Å². The highest BCUT2D eigenvalue weighted by atomic mass is 79.9. The Bertz CT molecular complexity index is 337. The second-order valence-corrected chi connectivity index (χ2v) is 4.28. The van der Waals surface area contributed by atoms with Crippen LogP contribution >= 0.6 is 15.9 Å². The van der Waals surface area contributed by atoms with E-state index < -0.39 is 0 Å². The van der Waals surface area contributed by atoms with Crippen molar-refractivity contribution in [2.75, 3.05) is 6.61 Å². The lowest BCUT2D eigenvalue weighted by molar-refractivity contribution is 0.0934. The number of carbonyl (C=O) groups is 1. The predicted octanol–water partition coefficient (Wildman–Crippen LogP) is 2.08. The van der Waals surface area contributed by atoms with E-state index in [2.05, 4.69) is 21.2 Å². The summed E-state index contributed by atoms with van der Waals surface area (Å²) in [5.74, 6) is -0.0953. The number of carbonyl (C=O) groups excluding carboxylic acids is 1. The van der Waals surface area contributed by atoms with Crippen molar-refractivity contribution >= 4 is 21.8 Å². The number of nitrogens with one attached hydrogen (secondary N) is 1. The SMILES string of the molecule is CC(CCO)NC(=O)c1ccc(CBr)cc1. The molecule has 0 saturated carbocycles. The molecule has 1 unspecified atom stereocenters. The maximum absolute atomic E-state index is 11.7. The summed E-state index contributed by atoms with van der Waals surface area (Å²) in [4.78, 5) is 11.7. The molecule has 1 aromatic rings. The number of alkyl halides is 1. The van der Waals surface area contributed by atoms with Crippen molar-refractivity contribution in [3.63, 3.8) is 0 Å². The summed E-state index contributed by atoms with van der Waals surface area (Å²) in [6.07, 6.45) is 0.575. The normalized spacial score (nSPS) is 12.2. The molecule has 0 radical (unpaired) electrons. The molecule has 0 aliphatic heterocycles. The third-order valence-electron chi connectivity index (χ3n) is 2.31. The lowest BCUT2D eigenvalue weighted by Crippen LogP contribution is -2.33. The fourth-order valence-electron chi connectivity index (χ4n) is 1.32. The van der Waals surface area contributed by atoms with Crippen LogP contribution < -0.4 is 5.32 Å². The van der Waals surface area contributed by atoms with Crippen LogP contribution in [0.3, 0.4) is 0 Å². The van der Waals surface area contributed by atoms with E-state index >= 15 is 0 Å². The summed E-state index contributed by atoms with van der Waals surface area (Å²) in [7, 11) is 0. The number of hydrogen-bond acceptors (Lipinski definition) is 2. The maximum Gasteiger partial charge on any atom is 0.251 e. The monoisotopic (exact) mass is 285 g/mol. The average Bonchev–Trinajstić information content (AvgIpc) is 2.29. The van der Waals surface area contributed by atoms with Crippen LogP contribution in [0.1, 0.15) is 29.3 Å². The van der Waals surface area contributed by atoms with E-state index in [0.717, 1.165) is 10.9 Å². The third kappa shape index (κ3) is 3.94. The van der Waals surface area contributed by atoms with Crippen LogP contribution in [0.5, 0.6) is 0 Å². The van der Waals surface area contributed by atoms with E-state index in [-0.39, 0.29) is 18.6 Å². The van der Waals surface area contributed by atoms with Crippen LogP contribution in [0.15, 0.2) is 24.3 Å². The van der Waals surface area contributed by atoms with Crippen molar-refractivity contribution in [2.45, 2.75) is 24.7 Å². The third-order valence-corrected chi connectivity index (χ3v) is 2.96. The molecule has 0 fully saturated rings. The Hall–Kier alpha value is -0.870. The average molecular weight is 286 g/mol. The highest BCUT2D eigenvalue weighted by molar-refractivity contribution is 9.08. The van der Waals surface area contributed by atoms with Gasteiger partial charge in [0.2, 0.25) is 0 Å². The Morgan fingerprint density at radius 1 is 1.44 bits per heavy atom. The van der Waals surface area contributed by atoms with Crippen LogP contribution in [-0.2, 0) is 5.33 Å². The van der Waals surface area contributed by atoms with Crippen molar-refractivity contribution in [1.82, 2.24) is 5.32 Å². The summed E-state index contributed by atoms with van der Waals surface area (Å²) in [5, 5.41) is 12.3. The molecule has 88 valence electrons. The van der Waals surface area contributed by atoms with E-state index in [1.807, 2.05) is 19.1 Å². The minimum absolute atomic E-state index is 0.00616. The largest absolute Gasteiger partial charge is 0.396 e. The summed E-state index contributed by atoms with van der Waals surface area (Å²) < 4.78 is 0. The highest BCUT2D eigenvalue weighted by Gasteiger charge is 2.08. The van der Waals surface area contributed by atoms with Gasteiger partial charge in [0.15, 0.2) is 0 Å². The summed E-state index contributed by atoms with van der Waals surface area (Å²) in [6, 6.07) is 7.43. The van der Waals surface area contributed by atoms with Crippen LogP contribution in [0.4, 0.5) is 0 Å². The number of benzene rings is 1. The van der Waals surface area contributed by atoms with Crippen LogP contribution in [0.2, 0.25) is 0 Å². The lowest BCUT2D eigenvalue weighted by Gasteiger charge is -2.12. The Kier molecular flexibility index (Phi) is 5.49. The van der Waals surface area contributed by atoms with Gasteiger partial charge in [-0.25, -0.2) is 0 Å². The van der Waals surface area contributed by atoms with Gasteiger partial charge >= 0.3 is 0 Å². The Labute approximate surface area is 104 Å². The van der Waals surface area contributed by atoms with Gasteiger partial charge < -0.3 is 10.4 Å². The molecule has 1 atom stereocenters. The van der Waals surface area contributed by atoms with E-state index in [0.29, 0.717) is 12.0 Å². The van der Waals surface area contributed by atoms with Gasteiger partial charge in [0, 0.05) is 23.5 Å². The summed E-state index contributed by atoms with van der Waals surface area (Å²) in [5.41, 5.74) is 1.79. The smallest absolute Gasteiger partial charge is 0.251 e. The molecule has 4 heteroatoms. The lowest BCUT2D eigenvalue weighted by atomic mass is 10.1. The van der Waals surface area contributed by atoms with Crippen molar-refractivity contribution in [2.24, 2.45) is 0 Å². The van der Waals surface area contributed by atoms with Gasteiger partial charge in [0.25, 0.3) is 5.91 Å². The molecule has 1 aromatic carbocycles. The van der Waals surface area contributed by atoms with E-state index in [1.54, 1.807) is 12.1 Å². The van der Waals surface area contributed by atoms with E-state index in [1.165, 1.54) is 0 Å². The van der Waals surface area contributed by atoms with Gasteiger partial charge in [-0.15, -0.1) is 0 Å². The number of amides is 1. The van der Waals surface area contributed by atoms with E-state index in [9.17, 15) is 4.79 Å². The van der Waals surface area contributed by atoms with E-state index in [4.69, 9.17) is 5.11 Å². The van der Waals surface area contributed by atoms with Crippen molar-refractivity contribution in [3.8, 4) is 0 Å². The van der Waals surface area contributed by atoms with Gasteiger partial charge in [0.1, 0.15) is 0 Å². The Balaban J connectivity index is 2.59. The zero-order valence-corrected chi connectivity index (χ0v) is 10.8. The molecule has 0 bridgehead atoms. The van der Waals surface area contributed by atoms with Crippen LogP contribution in [0, 0.1) is 0 Å². The minimum atomic E-state index is -0.0953. The number of hydrogen-bond donors (Lipinski definition) is 2. The Morgan fingerprint density at radius 3 is 2.56 bits per heavy atom. The molecule has 2 N–H and O–H groups in total. The fraction of sp³-hybridized carbons (Fsp3) is 0.417. The van der Waals surface area contributed by atoms with Gasteiger partial charge in [0.05, 0.1) is 0 Å². The number of aliphatic hydroxyl groups is 1. The first-order valence-electron chi connectivity index (χ1n) is 5.24.